The maximum Gasteiger partial charge on any atom is 0.272 e. The molecular weight excluding hydrogens is 990 g/mol. The number of hydrogen-bond acceptors (Lipinski definition) is 10. The van der Waals surface area contributed by atoms with E-state index < -0.39 is 29.5 Å². The van der Waals surface area contributed by atoms with E-state index in [1.165, 1.54) is 29.5 Å². The van der Waals surface area contributed by atoms with Gasteiger partial charge < -0.3 is 65.7 Å². The Hall–Kier alpha value is -6.01. The minimum Gasteiger partial charge on any atom is -0.356 e. The molecule has 0 bridgehead atoms. The van der Waals surface area contributed by atoms with Gasteiger partial charge in [0.1, 0.15) is 22.8 Å². The number of aromatic nitrogens is 4. The second-order valence-corrected chi connectivity index (χ2v) is 18.6. The fourth-order valence-corrected chi connectivity index (χ4v) is 8.94. The molecule has 8 N–H and O–H groups in total. The average molecular weight is 1040 g/mol. The minimum absolute atomic E-state index is 0.00337. The molecule has 6 heterocycles. The molecule has 20 nitrogen and oxygen atoms in total. The van der Waals surface area contributed by atoms with Gasteiger partial charge in [-0.3, -0.25) is 33.6 Å². The van der Waals surface area contributed by atoms with Crippen LogP contribution in [0.2, 0.25) is 0 Å². The van der Waals surface area contributed by atoms with Crippen LogP contribution in [0.25, 0.3) is 0 Å². The third kappa shape index (κ3) is 13.3. The monoisotopic (exact) mass is 1040 g/mol. The molecule has 0 spiro atoms. The van der Waals surface area contributed by atoms with Gasteiger partial charge in [-0.05, 0) is 75.2 Å². The molecule has 0 aromatic carbocycles. The SMILES string of the molecule is Cn1cc(NC(=O)c2cc(NC(=O)CCNC(=O)c3cc(NC(=O)c4cc(NC(=O)c5cc(Br)c(Br)s5)cn4C)cn3C)cn2C)cc1C(=O)NCCC(=O)NCCCN1CCNCC1. The Kier molecular flexibility index (Phi) is 16.6. The van der Waals surface area contributed by atoms with E-state index in [0.717, 1.165) is 47.4 Å². The van der Waals surface area contributed by atoms with E-state index in [9.17, 15) is 33.6 Å². The number of thiophene rings is 1. The predicted octanol–water partition coefficient (Wildman–Crippen LogP) is 3.67. The highest BCUT2D eigenvalue weighted by Gasteiger charge is 2.21. The molecule has 6 rings (SSSR count). The van der Waals surface area contributed by atoms with Crippen molar-refractivity contribution in [2.75, 3.05) is 73.6 Å². The smallest absolute Gasteiger partial charge is 0.272 e. The van der Waals surface area contributed by atoms with Crippen molar-refractivity contribution >= 4 is 107 Å². The van der Waals surface area contributed by atoms with Crippen molar-refractivity contribution in [2.45, 2.75) is 19.3 Å². The third-order valence-electron chi connectivity index (χ3n) is 10.3. The topological polar surface area (TPSA) is 239 Å². The summed E-state index contributed by atoms with van der Waals surface area (Å²) < 4.78 is 7.79. The standard InChI is InChI=1S/C42H51Br2N13O7S/c1-53-22-26(17-30(53)38(60)47-9-6-35(58)46-8-5-13-57-14-11-45-12-15-57)50-40(62)32-16-25(21-55(32)3)49-36(59)7-10-48-39(61)31-18-27(23-54(31)2)51-41(63)33-19-28(24-56(33)4)52-42(64)34-20-29(43)37(44)65-34/h16-24,45H,5-15H2,1-4H3,(H,46,58)(H,47,60)(H,48,61)(H,49,59)(H,50,62)(H,51,63)(H,52,64). The summed E-state index contributed by atoms with van der Waals surface area (Å²) in [7, 11) is 6.64. The van der Waals surface area contributed by atoms with Crippen LogP contribution in [-0.2, 0) is 37.8 Å². The van der Waals surface area contributed by atoms with E-state index in [2.05, 4.69) is 79.3 Å². The Morgan fingerprint density at radius 1 is 0.554 bits per heavy atom. The van der Waals surface area contributed by atoms with Crippen LogP contribution in [0, 0.1) is 0 Å². The van der Waals surface area contributed by atoms with Crippen LogP contribution >= 0.6 is 43.2 Å². The van der Waals surface area contributed by atoms with Crippen LogP contribution in [0.3, 0.4) is 0 Å². The second-order valence-electron chi connectivity index (χ2n) is 15.3. The highest BCUT2D eigenvalue weighted by molar-refractivity contribution is 9.13. The number of anilines is 4. The largest absolute Gasteiger partial charge is 0.356 e. The number of carbonyl (C=O) groups excluding carboxylic acids is 7. The summed E-state index contributed by atoms with van der Waals surface area (Å²) in [4.78, 5) is 92.9. The number of rotatable bonds is 19. The number of piperazine rings is 1. The zero-order valence-corrected chi connectivity index (χ0v) is 40.2. The van der Waals surface area contributed by atoms with E-state index in [0.29, 0.717) is 39.9 Å². The summed E-state index contributed by atoms with van der Waals surface area (Å²) in [6.45, 7) is 5.65. The quantitative estimate of drug-likeness (QED) is 0.0563. The number of halogens is 2. The maximum atomic E-state index is 13.2. The lowest BCUT2D eigenvalue weighted by atomic mass is 10.3. The molecule has 1 saturated heterocycles. The van der Waals surface area contributed by atoms with Gasteiger partial charge in [0.15, 0.2) is 0 Å². The first kappa shape index (κ1) is 48.4. The first-order chi connectivity index (χ1) is 31.0. The van der Waals surface area contributed by atoms with E-state index >= 15 is 0 Å². The Balaban J connectivity index is 0.905. The number of hydrogen-bond donors (Lipinski definition) is 8. The summed E-state index contributed by atoms with van der Waals surface area (Å²) in [5, 5.41) is 22.8. The molecule has 0 atom stereocenters. The Morgan fingerprint density at radius 3 is 1.45 bits per heavy atom. The molecule has 1 fully saturated rings. The zero-order valence-electron chi connectivity index (χ0n) is 36.2. The van der Waals surface area contributed by atoms with E-state index in [1.807, 2.05) is 0 Å². The van der Waals surface area contributed by atoms with Gasteiger partial charge in [-0.2, -0.15) is 0 Å². The van der Waals surface area contributed by atoms with E-state index in [-0.39, 0.29) is 54.8 Å². The lowest BCUT2D eigenvalue weighted by Crippen LogP contribution is -2.44. The number of nitrogens with one attached hydrogen (secondary N) is 8. The first-order valence-corrected chi connectivity index (χ1v) is 23.0. The van der Waals surface area contributed by atoms with Gasteiger partial charge in [-0.25, -0.2) is 0 Å². The molecule has 7 amide bonds. The molecule has 5 aromatic heterocycles. The predicted molar refractivity (Wildman–Crippen MR) is 255 cm³/mol. The molecule has 346 valence electrons. The van der Waals surface area contributed by atoms with Crippen molar-refractivity contribution in [1.82, 2.24) is 44.4 Å². The van der Waals surface area contributed by atoms with Crippen molar-refractivity contribution in [1.29, 1.82) is 0 Å². The number of nitrogens with zero attached hydrogens (tertiary/aromatic N) is 5. The second kappa shape index (κ2) is 22.3. The molecule has 1 aliphatic rings. The van der Waals surface area contributed by atoms with Crippen LogP contribution in [0.15, 0.2) is 63.4 Å². The lowest BCUT2D eigenvalue weighted by Gasteiger charge is -2.27. The summed E-state index contributed by atoms with van der Waals surface area (Å²) in [5.41, 5.74) is 2.59. The summed E-state index contributed by atoms with van der Waals surface area (Å²) >= 11 is 8.02. The zero-order chi connectivity index (χ0) is 46.8. The van der Waals surface area contributed by atoms with Gasteiger partial charge in [0.05, 0.1) is 31.4 Å². The molecule has 0 aliphatic carbocycles. The van der Waals surface area contributed by atoms with Gasteiger partial charge in [-0.1, -0.05) is 0 Å². The highest BCUT2D eigenvalue weighted by Crippen LogP contribution is 2.33. The minimum atomic E-state index is -0.474. The Bertz CT molecular complexity index is 2560. The van der Waals surface area contributed by atoms with Gasteiger partial charge >= 0.3 is 0 Å². The van der Waals surface area contributed by atoms with Gasteiger partial charge in [-0.15, -0.1) is 11.3 Å². The van der Waals surface area contributed by atoms with Crippen LogP contribution in [0.4, 0.5) is 22.7 Å². The highest BCUT2D eigenvalue weighted by atomic mass is 79.9. The molecule has 5 aromatic rings. The third-order valence-corrected chi connectivity index (χ3v) is 13.6. The maximum absolute atomic E-state index is 13.2. The van der Waals surface area contributed by atoms with Gasteiger partial charge in [0.2, 0.25) is 11.8 Å². The lowest BCUT2D eigenvalue weighted by molar-refractivity contribution is -0.121. The average Bonchev–Trinajstić information content (AvgIpc) is 4.08. The van der Waals surface area contributed by atoms with Crippen LogP contribution < -0.4 is 42.5 Å². The van der Waals surface area contributed by atoms with Crippen LogP contribution in [0.1, 0.15) is 70.9 Å². The van der Waals surface area contributed by atoms with Gasteiger partial charge in [0.25, 0.3) is 29.5 Å². The van der Waals surface area contributed by atoms with Crippen LogP contribution in [-0.4, -0.2) is 117 Å². The fraction of sp³-hybridized carbons (Fsp3) is 0.357. The molecule has 65 heavy (non-hydrogen) atoms. The number of amides is 7. The molecule has 23 heteroatoms. The molecule has 0 saturated carbocycles. The summed E-state index contributed by atoms with van der Waals surface area (Å²) in [5.74, 6) is -2.65. The van der Waals surface area contributed by atoms with Crippen molar-refractivity contribution in [3.63, 3.8) is 0 Å². The van der Waals surface area contributed by atoms with Crippen molar-refractivity contribution in [3.05, 3.63) is 91.0 Å². The Labute approximate surface area is 395 Å². The molecule has 0 unspecified atom stereocenters. The molecular formula is C42H51Br2N13O7S. The van der Waals surface area contributed by atoms with Crippen molar-refractivity contribution in [2.24, 2.45) is 28.2 Å². The van der Waals surface area contributed by atoms with Crippen LogP contribution in [0.5, 0.6) is 0 Å². The molecule has 1 aliphatic heterocycles. The first-order valence-electron chi connectivity index (χ1n) is 20.6. The number of aryl methyl sites for hydroxylation is 4. The molecule has 0 radical (unpaired) electrons. The van der Waals surface area contributed by atoms with Gasteiger partial charge in [0, 0.05) is 116 Å². The normalized spacial score (nSPS) is 12.6. The van der Waals surface area contributed by atoms with Crippen molar-refractivity contribution in [3.8, 4) is 0 Å². The fourth-order valence-electron chi connectivity index (χ4n) is 7.01. The van der Waals surface area contributed by atoms with E-state index in [4.69, 9.17) is 0 Å². The summed E-state index contributed by atoms with van der Waals surface area (Å²) in [6, 6.07) is 7.79. The summed E-state index contributed by atoms with van der Waals surface area (Å²) in [6.07, 6.45) is 7.31. The van der Waals surface area contributed by atoms with Crippen molar-refractivity contribution < 1.29 is 33.6 Å². The Morgan fingerprint density at radius 2 is 0.985 bits per heavy atom. The number of carbonyl (C=O) groups is 7. The van der Waals surface area contributed by atoms with E-state index in [1.54, 1.807) is 83.4 Å².